The topological polar surface area (TPSA) is 55.3 Å². The van der Waals surface area contributed by atoms with Gasteiger partial charge in [-0.15, -0.1) is 5.10 Å². The maximum atomic E-state index is 14.8. The van der Waals surface area contributed by atoms with E-state index in [1.807, 2.05) is 13.8 Å². The molecule has 1 fully saturated rings. The van der Waals surface area contributed by atoms with Crippen molar-refractivity contribution < 1.29 is 18.3 Å². The number of hydrogen-bond donors (Lipinski definition) is 0. The molecule has 128 valence electrons. The van der Waals surface area contributed by atoms with Crippen molar-refractivity contribution in [2.24, 2.45) is 0 Å². The molecule has 0 saturated carbocycles. The van der Waals surface area contributed by atoms with Gasteiger partial charge in [-0.3, -0.25) is 4.79 Å². The Labute approximate surface area is 142 Å². The van der Waals surface area contributed by atoms with Crippen LogP contribution in [0.1, 0.15) is 29.1 Å². The molecule has 24 heavy (non-hydrogen) atoms. The van der Waals surface area contributed by atoms with Crippen LogP contribution >= 0.6 is 11.5 Å². The summed E-state index contributed by atoms with van der Waals surface area (Å²) in [5, 5.41) is 3.84. The molecule has 5 nitrogen and oxygen atoms in total. The molecular weight excluding hydrogens is 336 g/mol. The van der Waals surface area contributed by atoms with Crippen molar-refractivity contribution in [3.8, 4) is 11.3 Å². The molecule has 2 atom stereocenters. The minimum Gasteiger partial charge on any atom is -0.372 e. The largest absolute Gasteiger partial charge is 0.372 e. The number of carbonyl (C=O) groups excluding carboxylic acids is 1. The van der Waals surface area contributed by atoms with Gasteiger partial charge in [-0.05, 0) is 38.4 Å². The Morgan fingerprint density at radius 1 is 1.29 bits per heavy atom. The number of halogens is 2. The summed E-state index contributed by atoms with van der Waals surface area (Å²) in [6, 6.07) is 1.34. The number of nitrogens with zero attached hydrogens (tertiary/aromatic N) is 3. The fourth-order valence-corrected chi connectivity index (χ4v) is 3.54. The van der Waals surface area contributed by atoms with Gasteiger partial charge >= 0.3 is 0 Å². The Morgan fingerprint density at radius 2 is 1.96 bits per heavy atom. The summed E-state index contributed by atoms with van der Waals surface area (Å²) in [5.41, 5.74) is 0.292. The molecule has 0 aliphatic carbocycles. The molecule has 2 unspecified atom stereocenters. The summed E-state index contributed by atoms with van der Waals surface area (Å²) in [4.78, 5) is 13.8. The lowest BCUT2D eigenvalue weighted by molar-refractivity contribution is -0.00546. The molecule has 0 radical (unpaired) electrons. The van der Waals surface area contributed by atoms with Crippen molar-refractivity contribution in [3.63, 3.8) is 0 Å². The van der Waals surface area contributed by atoms with Crippen LogP contribution in [-0.2, 0) is 4.74 Å². The average Bonchev–Trinajstić information content (AvgIpc) is 2.94. The van der Waals surface area contributed by atoms with Crippen molar-refractivity contribution in [2.45, 2.75) is 33.0 Å². The first-order valence-corrected chi connectivity index (χ1v) is 8.36. The molecule has 1 aromatic carbocycles. The molecule has 0 bridgehead atoms. The number of morpholine rings is 1. The standard InChI is InChI=1S/C16H17F2N3O2S/c1-8-5-21(6-9(2)23-8)16-11(7-22)4-12(13(17)14(16)18)15-10(3)24-20-19-15/h4,7-9H,5-6H2,1-3H3. The number of aromatic nitrogens is 2. The second-order valence-corrected chi connectivity index (χ2v) is 6.91. The molecule has 0 N–H and O–H groups in total. The number of anilines is 1. The van der Waals surface area contributed by atoms with Crippen LogP contribution in [0.25, 0.3) is 11.3 Å². The Morgan fingerprint density at radius 3 is 2.50 bits per heavy atom. The van der Waals surface area contributed by atoms with Gasteiger partial charge in [0.25, 0.3) is 0 Å². The Hall–Kier alpha value is -1.93. The summed E-state index contributed by atoms with van der Waals surface area (Å²) >= 11 is 1.09. The fourth-order valence-electron chi connectivity index (χ4n) is 3.06. The van der Waals surface area contributed by atoms with Gasteiger partial charge in [0, 0.05) is 24.2 Å². The van der Waals surface area contributed by atoms with Crippen LogP contribution in [0.2, 0.25) is 0 Å². The first-order valence-electron chi connectivity index (χ1n) is 7.59. The molecule has 0 amide bonds. The predicted molar refractivity (Wildman–Crippen MR) is 87.6 cm³/mol. The number of ether oxygens (including phenoxy) is 1. The molecule has 2 aromatic rings. The van der Waals surface area contributed by atoms with Gasteiger partial charge in [0.2, 0.25) is 0 Å². The highest BCUT2D eigenvalue weighted by molar-refractivity contribution is 7.05. The first kappa shape index (κ1) is 16.9. The van der Waals surface area contributed by atoms with Gasteiger partial charge in [-0.2, -0.15) is 0 Å². The zero-order valence-electron chi connectivity index (χ0n) is 13.5. The van der Waals surface area contributed by atoms with Crippen molar-refractivity contribution >= 4 is 23.5 Å². The third-order valence-electron chi connectivity index (χ3n) is 3.98. The van der Waals surface area contributed by atoms with Crippen molar-refractivity contribution in [3.05, 3.63) is 28.1 Å². The van der Waals surface area contributed by atoms with Crippen molar-refractivity contribution in [2.75, 3.05) is 18.0 Å². The molecule has 1 aromatic heterocycles. The van der Waals surface area contributed by atoms with E-state index in [1.54, 1.807) is 11.8 Å². The highest BCUT2D eigenvalue weighted by atomic mass is 32.1. The van der Waals surface area contributed by atoms with E-state index < -0.39 is 11.6 Å². The smallest absolute Gasteiger partial charge is 0.183 e. The quantitative estimate of drug-likeness (QED) is 0.793. The molecule has 1 saturated heterocycles. The van der Waals surface area contributed by atoms with Crippen molar-refractivity contribution in [1.82, 2.24) is 9.59 Å². The Balaban J connectivity index is 2.13. The average molecular weight is 353 g/mol. The van der Waals surface area contributed by atoms with E-state index in [4.69, 9.17) is 4.74 Å². The molecule has 1 aliphatic rings. The van der Waals surface area contributed by atoms with Crippen LogP contribution in [0, 0.1) is 18.6 Å². The second kappa shape index (κ2) is 6.52. The van der Waals surface area contributed by atoms with Gasteiger partial charge in [-0.25, -0.2) is 8.78 Å². The van der Waals surface area contributed by atoms with Crippen LogP contribution in [0.4, 0.5) is 14.5 Å². The monoisotopic (exact) mass is 353 g/mol. The SMILES string of the molecule is Cc1snnc1-c1cc(C=O)c(N2CC(C)OC(C)C2)c(F)c1F. The third kappa shape index (κ3) is 2.91. The van der Waals surface area contributed by atoms with Gasteiger partial charge < -0.3 is 9.64 Å². The van der Waals surface area contributed by atoms with E-state index in [2.05, 4.69) is 9.59 Å². The van der Waals surface area contributed by atoms with Crippen LogP contribution in [-0.4, -0.2) is 41.2 Å². The summed E-state index contributed by atoms with van der Waals surface area (Å²) in [6.07, 6.45) is 0.266. The Bertz CT molecular complexity index is 771. The minimum atomic E-state index is -1.04. The third-order valence-corrected chi connectivity index (χ3v) is 4.61. The number of rotatable bonds is 3. The minimum absolute atomic E-state index is 0.0194. The van der Waals surface area contributed by atoms with E-state index in [0.717, 1.165) is 11.5 Å². The zero-order chi connectivity index (χ0) is 17.4. The lowest BCUT2D eigenvalue weighted by Crippen LogP contribution is -2.46. The number of aldehydes is 1. The number of carbonyl (C=O) groups is 1. The number of benzene rings is 1. The maximum Gasteiger partial charge on any atom is 0.183 e. The van der Waals surface area contributed by atoms with E-state index in [1.165, 1.54) is 6.07 Å². The lowest BCUT2D eigenvalue weighted by atomic mass is 10.0. The van der Waals surface area contributed by atoms with Crippen LogP contribution < -0.4 is 4.90 Å². The van der Waals surface area contributed by atoms with E-state index in [9.17, 15) is 13.6 Å². The summed E-state index contributed by atoms with van der Waals surface area (Å²) in [6.45, 7) is 6.21. The maximum absolute atomic E-state index is 14.8. The highest BCUT2D eigenvalue weighted by Crippen LogP contribution is 2.35. The molecule has 2 heterocycles. The zero-order valence-corrected chi connectivity index (χ0v) is 14.4. The molecule has 1 aliphatic heterocycles. The molecule has 3 rings (SSSR count). The Kier molecular flexibility index (Phi) is 4.60. The second-order valence-electron chi connectivity index (χ2n) is 5.95. The van der Waals surface area contributed by atoms with Crippen LogP contribution in [0.3, 0.4) is 0 Å². The number of hydrogen-bond acceptors (Lipinski definition) is 6. The van der Waals surface area contributed by atoms with Gasteiger partial charge in [-0.1, -0.05) is 4.49 Å². The highest BCUT2D eigenvalue weighted by Gasteiger charge is 2.29. The van der Waals surface area contributed by atoms with E-state index in [-0.39, 0.29) is 34.7 Å². The van der Waals surface area contributed by atoms with Gasteiger partial charge in [0.15, 0.2) is 17.9 Å². The van der Waals surface area contributed by atoms with Crippen LogP contribution in [0.5, 0.6) is 0 Å². The lowest BCUT2D eigenvalue weighted by Gasteiger charge is -2.37. The van der Waals surface area contributed by atoms with Crippen molar-refractivity contribution in [1.29, 1.82) is 0 Å². The van der Waals surface area contributed by atoms with Gasteiger partial charge in [0.1, 0.15) is 5.69 Å². The van der Waals surface area contributed by atoms with Gasteiger partial charge in [0.05, 0.1) is 22.8 Å². The predicted octanol–water partition coefficient (Wildman–Crippen LogP) is 3.22. The molecule has 8 heteroatoms. The molecular formula is C16H17F2N3O2S. The summed E-state index contributed by atoms with van der Waals surface area (Å²) in [7, 11) is 0. The van der Waals surface area contributed by atoms with Crippen LogP contribution in [0.15, 0.2) is 6.07 Å². The summed E-state index contributed by atoms with van der Waals surface area (Å²) < 4.78 is 38.8. The normalized spacial score (nSPS) is 21.1. The fraction of sp³-hybridized carbons (Fsp3) is 0.438. The summed E-state index contributed by atoms with van der Waals surface area (Å²) in [5.74, 6) is -2.05. The van der Waals surface area contributed by atoms with E-state index >= 15 is 0 Å². The number of aryl methyl sites for hydroxylation is 1. The first-order chi connectivity index (χ1) is 11.4. The van der Waals surface area contributed by atoms with E-state index in [0.29, 0.717) is 24.3 Å². The molecule has 0 spiro atoms.